The highest BCUT2D eigenvalue weighted by atomic mass is 19.4. The van der Waals surface area contributed by atoms with Gasteiger partial charge in [-0.3, -0.25) is 0 Å². The Morgan fingerprint density at radius 1 is 1.60 bits per heavy atom. The molecule has 0 amide bonds. The summed E-state index contributed by atoms with van der Waals surface area (Å²) in [6.07, 6.45) is -1.32. The van der Waals surface area contributed by atoms with Gasteiger partial charge in [0.25, 0.3) is 0 Å². The molecule has 1 rings (SSSR count). The van der Waals surface area contributed by atoms with Crippen molar-refractivity contribution >= 4 is 0 Å². The van der Waals surface area contributed by atoms with Crippen molar-refractivity contribution in [1.29, 1.82) is 0 Å². The van der Waals surface area contributed by atoms with Gasteiger partial charge in [0.15, 0.2) is 5.69 Å². The summed E-state index contributed by atoms with van der Waals surface area (Å²) in [5.41, 5.74) is -0.977. The van der Waals surface area contributed by atoms with E-state index < -0.39 is 11.9 Å². The zero-order valence-corrected chi connectivity index (χ0v) is 5.11. The lowest BCUT2D eigenvalue weighted by molar-refractivity contribution is -0.141. The first kappa shape index (κ1) is 7.11. The third-order valence-electron chi connectivity index (χ3n) is 0.911. The molecular weight excluding hydrogens is 145 g/mol. The van der Waals surface area contributed by atoms with Gasteiger partial charge in [-0.15, -0.1) is 0 Å². The molecule has 10 heavy (non-hydrogen) atoms. The molecule has 0 unspecified atom stereocenters. The molecular formula is C5H4F3N2. The number of hydrogen-bond acceptors (Lipinski definition) is 1. The predicted octanol–water partition coefficient (Wildman–Crippen LogP) is 1.24. The van der Waals surface area contributed by atoms with Gasteiger partial charge in [0, 0.05) is 7.05 Å². The van der Waals surface area contributed by atoms with E-state index >= 15 is 0 Å². The molecule has 0 saturated heterocycles. The lowest BCUT2D eigenvalue weighted by Crippen LogP contribution is -2.05. The number of alkyl halides is 3. The van der Waals surface area contributed by atoms with E-state index in [1.54, 1.807) is 0 Å². The number of rotatable bonds is 0. The number of aromatic nitrogens is 2. The fourth-order valence-electron chi connectivity index (χ4n) is 0.506. The summed E-state index contributed by atoms with van der Waals surface area (Å²) in [6, 6.07) is 0. The minimum atomic E-state index is -4.37. The van der Waals surface area contributed by atoms with Crippen LogP contribution < -0.4 is 0 Å². The zero-order chi connectivity index (χ0) is 7.78. The molecule has 1 aromatic rings. The Hall–Kier alpha value is -1.00. The lowest BCUT2D eigenvalue weighted by Gasteiger charge is -1.98. The van der Waals surface area contributed by atoms with Crippen molar-refractivity contribution in [2.75, 3.05) is 0 Å². The van der Waals surface area contributed by atoms with Crippen LogP contribution in [0.25, 0.3) is 0 Å². The molecule has 5 heteroatoms. The molecule has 0 fully saturated rings. The van der Waals surface area contributed by atoms with Crippen LogP contribution >= 0.6 is 0 Å². The van der Waals surface area contributed by atoms with Crippen LogP contribution in [0.15, 0.2) is 6.33 Å². The summed E-state index contributed by atoms with van der Waals surface area (Å²) in [5.74, 6) is 0. The maximum atomic E-state index is 11.7. The molecule has 0 aliphatic rings. The van der Waals surface area contributed by atoms with E-state index in [4.69, 9.17) is 0 Å². The Morgan fingerprint density at radius 3 is 2.40 bits per heavy atom. The average Bonchev–Trinajstić information content (AvgIpc) is 2.11. The Labute approximate surface area is 55.3 Å². The van der Waals surface area contributed by atoms with Gasteiger partial charge < -0.3 is 4.57 Å². The van der Waals surface area contributed by atoms with Crippen molar-refractivity contribution in [2.45, 2.75) is 6.18 Å². The quantitative estimate of drug-likeness (QED) is 0.542. The van der Waals surface area contributed by atoms with Crippen LogP contribution in [0.3, 0.4) is 0 Å². The zero-order valence-electron chi connectivity index (χ0n) is 5.11. The normalized spacial score (nSPS) is 12.0. The van der Waals surface area contributed by atoms with E-state index in [9.17, 15) is 13.2 Å². The Bertz CT molecular complexity index is 225. The van der Waals surface area contributed by atoms with E-state index in [1.165, 1.54) is 7.05 Å². The summed E-state index contributed by atoms with van der Waals surface area (Å²) in [7, 11) is 1.43. The van der Waals surface area contributed by atoms with Gasteiger partial charge in [0.1, 0.15) is 0 Å². The van der Waals surface area contributed by atoms with Crippen molar-refractivity contribution < 1.29 is 13.2 Å². The van der Waals surface area contributed by atoms with Gasteiger partial charge in [0.2, 0.25) is 0 Å². The number of halogens is 3. The summed E-state index contributed by atoms with van der Waals surface area (Å²) in [5, 5.41) is 0. The second-order valence-electron chi connectivity index (χ2n) is 1.81. The largest absolute Gasteiger partial charge is 0.435 e. The topological polar surface area (TPSA) is 17.8 Å². The highest BCUT2D eigenvalue weighted by Crippen LogP contribution is 2.26. The molecule has 0 N–H and O–H groups in total. The number of nitrogens with zero attached hydrogens (tertiary/aromatic N) is 2. The van der Waals surface area contributed by atoms with Crippen LogP contribution in [0, 0.1) is 6.20 Å². The van der Waals surface area contributed by atoms with Crippen LogP contribution in [0.1, 0.15) is 5.69 Å². The summed E-state index contributed by atoms with van der Waals surface area (Å²) in [4.78, 5) is 3.07. The van der Waals surface area contributed by atoms with Crippen molar-refractivity contribution in [2.24, 2.45) is 7.05 Å². The first-order chi connectivity index (χ1) is 4.50. The molecule has 55 valence electrons. The minimum Gasteiger partial charge on any atom is -0.332 e. The summed E-state index contributed by atoms with van der Waals surface area (Å²) < 4.78 is 36.2. The molecule has 1 radical (unpaired) electrons. The SMILES string of the molecule is Cn1[c]c(C(F)(F)F)nc1. The third-order valence-corrected chi connectivity index (χ3v) is 0.911. The first-order valence-corrected chi connectivity index (χ1v) is 2.48. The van der Waals surface area contributed by atoms with E-state index in [-0.39, 0.29) is 0 Å². The maximum Gasteiger partial charge on any atom is 0.435 e. The fourth-order valence-corrected chi connectivity index (χ4v) is 0.506. The maximum absolute atomic E-state index is 11.7. The summed E-state index contributed by atoms with van der Waals surface area (Å²) in [6.45, 7) is 0. The third kappa shape index (κ3) is 1.29. The van der Waals surface area contributed by atoms with Gasteiger partial charge in [-0.2, -0.15) is 13.2 Å². The second-order valence-corrected chi connectivity index (χ2v) is 1.81. The number of imidazole rings is 1. The Morgan fingerprint density at radius 2 is 2.20 bits per heavy atom. The van der Waals surface area contributed by atoms with Crippen LogP contribution in [0.4, 0.5) is 13.2 Å². The second kappa shape index (κ2) is 2.00. The van der Waals surface area contributed by atoms with Gasteiger partial charge in [0.05, 0.1) is 12.5 Å². The lowest BCUT2D eigenvalue weighted by atomic mass is 10.5. The van der Waals surface area contributed by atoms with Crippen LogP contribution in [0.5, 0.6) is 0 Å². The monoisotopic (exact) mass is 149 g/mol. The molecule has 0 aliphatic carbocycles. The highest BCUT2D eigenvalue weighted by Gasteiger charge is 2.33. The molecule has 1 aromatic heterocycles. The first-order valence-electron chi connectivity index (χ1n) is 2.48. The van der Waals surface area contributed by atoms with Gasteiger partial charge in [-0.05, 0) is 0 Å². The fraction of sp³-hybridized carbons (Fsp3) is 0.400. The molecule has 0 spiro atoms. The molecule has 1 heterocycles. The van der Waals surface area contributed by atoms with E-state index in [1.807, 2.05) is 6.20 Å². The van der Waals surface area contributed by atoms with Crippen molar-refractivity contribution in [3.8, 4) is 0 Å². The van der Waals surface area contributed by atoms with Gasteiger partial charge in [-0.25, -0.2) is 4.98 Å². The molecule has 0 saturated carbocycles. The van der Waals surface area contributed by atoms with Crippen molar-refractivity contribution in [3.05, 3.63) is 18.2 Å². The number of aryl methyl sites for hydroxylation is 1. The van der Waals surface area contributed by atoms with Crippen LogP contribution in [0.2, 0.25) is 0 Å². The Kier molecular flexibility index (Phi) is 1.42. The molecule has 0 bridgehead atoms. The number of hydrogen-bond donors (Lipinski definition) is 0. The van der Waals surface area contributed by atoms with Gasteiger partial charge in [-0.1, -0.05) is 0 Å². The van der Waals surface area contributed by atoms with Crippen LogP contribution in [-0.4, -0.2) is 9.55 Å². The molecule has 0 aromatic carbocycles. The Balaban J connectivity index is 2.96. The molecule has 0 atom stereocenters. The smallest absolute Gasteiger partial charge is 0.332 e. The standard InChI is InChI=1S/C5H4F3N2/c1-10-2-4(9-3-10)5(6,7)8/h3H,1H3. The molecule has 2 nitrogen and oxygen atoms in total. The minimum absolute atomic E-state index is 0.977. The van der Waals surface area contributed by atoms with E-state index in [0.717, 1.165) is 10.9 Å². The predicted molar refractivity (Wildman–Crippen MR) is 27.0 cm³/mol. The van der Waals surface area contributed by atoms with E-state index in [0.29, 0.717) is 0 Å². The highest BCUT2D eigenvalue weighted by molar-refractivity contribution is 4.98. The van der Waals surface area contributed by atoms with Crippen molar-refractivity contribution in [1.82, 2.24) is 9.55 Å². The molecule has 0 aliphatic heterocycles. The van der Waals surface area contributed by atoms with Crippen LogP contribution in [-0.2, 0) is 13.2 Å². The van der Waals surface area contributed by atoms with Gasteiger partial charge >= 0.3 is 6.18 Å². The van der Waals surface area contributed by atoms with Crippen molar-refractivity contribution in [3.63, 3.8) is 0 Å². The average molecular weight is 149 g/mol. The van der Waals surface area contributed by atoms with E-state index in [2.05, 4.69) is 4.98 Å². The summed E-state index contributed by atoms with van der Waals surface area (Å²) >= 11 is 0.